The van der Waals surface area contributed by atoms with Crippen LogP contribution in [0.3, 0.4) is 0 Å². The minimum atomic E-state index is 0.493. The van der Waals surface area contributed by atoms with E-state index < -0.39 is 0 Å². The Hall–Kier alpha value is -0.0400. The van der Waals surface area contributed by atoms with Gasteiger partial charge in [0.2, 0.25) is 0 Å². The fourth-order valence-corrected chi connectivity index (χ4v) is 3.91. The van der Waals surface area contributed by atoms with Crippen LogP contribution in [-0.2, 0) is 0 Å². The lowest BCUT2D eigenvalue weighted by atomic mass is 9.64. The van der Waals surface area contributed by atoms with E-state index in [9.17, 15) is 0 Å². The van der Waals surface area contributed by atoms with Gasteiger partial charge in [-0.25, -0.2) is 0 Å². The third kappa shape index (κ3) is 7.17. The highest BCUT2D eigenvalue weighted by atomic mass is 14.9. The standard InChI is InChI=1S/C20H41N/c1-15(2)9-8-10-17-13-19(20(5,6)7)12-11-18(17)14-21-16(3)4/h15-19,21H,8-14H2,1-7H3. The van der Waals surface area contributed by atoms with Gasteiger partial charge >= 0.3 is 0 Å². The Labute approximate surface area is 134 Å². The molecule has 0 aromatic carbocycles. The predicted octanol–water partition coefficient (Wildman–Crippen LogP) is 5.89. The Bertz CT molecular complexity index is 274. The van der Waals surface area contributed by atoms with Crippen molar-refractivity contribution in [2.45, 2.75) is 93.0 Å². The van der Waals surface area contributed by atoms with Gasteiger partial charge in [-0.3, -0.25) is 0 Å². The Kier molecular flexibility index (Phi) is 7.74. The van der Waals surface area contributed by atoms with E-state index in [0.29, 0.717) is 11.5 Å². The Morgan fingerprint density at radius 2 is 1.67 bits per heavy atom. The zero-order valence-electron chi connectivity index (χ0n) is 15.8. The van der Waals surface area contributed by atoms with Crippen molar-refractivity contribution < 1.29 is 0 Å². The van der Waals surface area contributed by atoms with Gasteiger partial charge in [0.15, 0.2) is 0 Å². The summed E-state index contributed by atoms with van der Waals surface area (Å²) in [6.45, 7) is 17.8. The van der Waals surface area contributed by atoms with Gasteiger partial charge in [-0.1, -0.05) is 67.7 Å². The summed E-state index contributed by atoms with van der Waals surface area (Å²) in [7, 11) is 0. The highest BCUT2D eigenvalue weighted by molar-refractivity contribution is 4.86. The van der Waals surface area contributed by atoms with Crippen molar-refractivity contribution in [3.05, 3.63) is 0 Å². The number of hydrogen-bond donors (Lipinski definition) is 1. The molecule has 1 aliphatic rings. The minimum absolute atomic E-state index is 0.493. The molecule has 0 saturated heterocycles. The highest BCUT2D eigenvalue weighted by Crippen LogP contribution is 2.44. The third-order valence-corrected chi connectivity index (χ3v) is 5.51. The van der Waals surface area contributed by atoms with Crippen molar-refractivity contribution in [3.8, 4) is 0 Å². The maximum absolute atomic E-state index is 3.70. The molecular formula is C20H41N. The van der Waals surface area contributed by atoms with Gasteiger partial charge in [0.1, 0.15) is 0 Å². The molecule has 1 nitrogen and oxygen atoms in total. The summed E-state index contributed by atoms with van der Waals surface area (Å²) < 4.78 is 0. The van der Waals surface area contributed by atoms with Crippen LogP contribution in [0.5, 0.6) is 0 Å². The second-order valence-corrected chi connectivity index (χ2v) is 9.28. The molecule has 3 unspecified atom stereocenters. The Balaban J connectivity index is 2.56. The van der Waals surface area contributed by atoms with Crippen LogP contribution in [0.1, 0.15) is 87.0 Å². The highest BCUT2D eigenvalue weighted by Gasteiger charge is 2.35. The SMILES string of the molecule is CC(C)CCCC1CC(C(C)(C)C)CCC1CNC(C)C. The average molecular weight is 296 g/mol. The maximum atomic E-state index is 3.70. The van der Waals surface area contributed by atoms with Crippen molar-refractivity contribution in [1.29, 1.82) is 0 Å². The normalized spacial score (nSPS) is 27.6. The van der Waals surface area contributed by atoms with Gasteiger partial charge in [0, 0.05) is 6.04 Å². The lowest BCUT2D eigenvalue weighted by Gasteiger charge is -2.42. The van der Waals surface area contributed by atoms with Crippen molar-refractivity contribution in [3.63, 3.8) is 0 Å². The fourth-order valence-electron chi connectivity index (χ4n) is 3.91. The van der Waals surface area contributed by atoms with E-state index in [1.54, 1.807) is 0 Å². The summed E-state index contributed by atoms with van der Waals surface area (Å²) in [5.74, 6) is 3.65. The quantitative estimate of drug-likeness (QED) is 0.617. The molecule has 0 bridgehead atoms. The van der Waals surface area contributed by atoms with E-state index >= 15 is 0 Å². The smallest absolute Gasteiger partial charge is 0.00104 e. The number of hydrogen-bond acceptors (Lipinski definition) is 1. The molecule has 0 spiro atoms. The molecule has 1 fully saturated rings. The second-order valence-electron chi connectivity index (χ2n) is 9.28. The van der Waals surface area contributed by atoms with E-state index in [-0.39, 0.29) is 0 Å². The third-order valence-electron chi connectivity index (χ3n) is 5.51. The molecule has 0 heterocycles. The van der Waals surface area contributed by atoms with Crippen LogP contribution in [0.25, 0.3) is 0 Å². The first-order valence-corrected chi connectivity index (χ1v) is 9.43. The summed E-state index contributed by atoms with van der Waals surface area (Å²) in [5, 5.41) is 3.70. The first-order chi connectivity index (χ1) is 9.70. The molecule has 1 N–H and O–H groups in total. The molecule has 1 rings (SSSR count). The van der Waals surface area contributed by atoms with Crippen molar-refractivity contribution in [1.82, 2.24) is 5.32 Å². The molecular weight excluding hydrogens is 254 g/mol. The molecule has 0 aromatic rings. The van der Waals surface area contributed by atoms with Gasteiger partial charge in [-0.2, -0.15) is 0 Å². The second kappa shape index (κ2) is 8.56. The van der Waals surface area contributed by atoms with E-state index in [4.69, 9.17) is 0 Å². The fraction of sp³-hybridized carbons (Fsp3) is 1.00. The van der Waals surface area contributed by atoms with Gasteiger partial charge in [0.05, 0.1) is 0 Å². The lowest BCUT2D eigenvalue weighted by molar-refractivity contribution is 0.0896. The summed E-state index contributed by atoms with van der Waals surface area (Å²) in [4.78, 5) is 0. The monoisotopic (exact) mass is 295 g/mol. The number of nitrogens with one attached hydrogen (secondary N) is 1. The summed E-state index contributed by atoms with van der Waals surface area (Å²) in [6.07, 6.45) is 8.63. The van der Waals surface area contributed by atoms with Crippen molar-refractivity contribution in [2.24, 2.45) is 29.1 Å². The van der Waals surface area contributed by atoms with E-state index in [1.165, 1.54) is 45.1 Å². The van der Waals surface area contributed by atoms with Gasteiger partial charge < -0.3 is 5.32 Å². The van der Waals surface area contributed by atoms with Gasteiger partial charge in [-0.15, -0.1) is 0 Å². The lowest BCUT2D eigenvalue weighted by Crippen LogP contribution is -2.38. The van der Waals surface area contributed by atoms with E-state index in [2.05, 4.69) is 53.8 Å². The zero-order chi connectivity index (χ0) is 16.0. The van der Waals surface area contributed by atoms with Gasteiger partial charge in [-0.05, 0) is 54.9 Å². The Morgan fingerprint density at radius 1 is 1.00 bits per heavy atom. The molecule has 0 amide bonds. The molecule has 1 saturated carbocycles. The Morgan fingerprint density at radius 3 is 2.19 bits per heavy atom. The average Bonchev–Trinajstić information content (AvgIpc) is 2.35. The molecule has 3 atom stereocenters. The first kappa shape index (κ1) is 19.0. The van der Waals surface area contributed by atoms with E-state index in [1.807, 2.05) is 0 Å². The minimum Gasteiger partial charge on any atom is -0.314 e. The van der Waals surface area contributed by atoms with Crippen LogP contribution in [0, 0.1) is 29.1 Å². The van der Waals surface area contributed by atoms with Crippen LogP contribution < -0.4 is 5.32 Å². The molecule has 0 aromatic heterocycles. The zero-order valence-corrected chi connectivity index (χ0v) is 15.8. The van der Waals surface area contributed by atoms with Crippen molar-refractivity contribution >= 4 is 0 Å². The molecule has 0 aliphatic heterocycles. The van der Waals surface area contributed by atoms with Crippen LogP contribution >= 0.6 is 0 Å². The van der Waals surface area contributed by atoms with E-state index in [0.717, 1.165) is 23.7 Å². The van der Waals surface area contributed by atoms with Gasteiger partial charge in [0.25, 0.3) is 0 Å². The maximum Gasteiger partial charge on any atom is 0.00104 e. The molecule has 21 heavy (non-hydrogen) atoms. The number of rotatable bonds is 7. The first-order valence-electron chi connectivity index (χ1n) is 9.43. The summed E-state index contributed by atoms with van der Waals surface area (Å²) in [6, 6.07) is 0.627. The van der Waals surface area contributed by atoms with Crippen LogP contribution in [0.2, 0.25) is 0 Å². The summed E-state index contributed by atoms with van der Waals surface area (Å²) >= 11 is 0. The largest absolute Gasteiger partial charge is 0.314 e. The molecule has 1 aliphatic carbocycles. The molecule has 126 valence electrons. The topological polar surface area (TPSA) is 12.0 Å². The molecule has 1 heteroatoms. The molecule has 0 radical (unpaired) electrons. The van der Waals surface area contributed by atoms with Crippen LogP contribution in [0.15, 0.2) is 0 Å². The van der Waals surface area contributed by atoms with Crippen LogP contribution in [-0.4, -0.2) is 12.6 Å². The predicted molar refractivity (Wildman–Crippen MR) is 95.6 cm³/mol. The van der Waals surface area contributed by atoms with Crippen LogP contribution in [0.4, 0.5) is 0 Å². The van der Waals surface area contributed by atoms with Crippen molar-refractivity contribution in [2.75, 3.05) is 6.54 Å². The summed E-state index contributed by atoms with van der Waals surface area (Å²) in [5.41, 5.74) is 0.493.